The molecule has 1 saturated carbocycles. The number of benzene rings is 1. The van der Waals surface area contributed by atoms with Crippen molar-refractivity contribution >= 4 is 58.3 Å². The number of alkyl halides is 2. The molecular formula is C46H54F2N12O7. The summed E-state index contributed by atoms with van der Waals surface area (Å²) >= 11 is 0. The number of anilines is 3. The number of aromatic nitrogens is 5. The molecule has 1 unspecified atom stereocenters. The van der Waals surface area contributed by atoms with Gasteiger partial charge in [0, 0.05) is 76.7 Å². The van der Waals surface area contributed by atoms with Crippen molar-refractivity contribution < 1.29 is 42.3 Å². The van der Waals surface area contributed by atoms with Gasteiger partial charge in [0.2, 0.25) is 17.7 Å². The number of carbonyl (C=O) groups excluding carboxylic acids is 6. The number of ether oxygens (including phenoxy) is 1. The lowest BCUT2D eigenvalue weighted by atomic mass is 9.85. The van der Waals surface area contributed by atoms with Crippen LogP contribution in [-0.4, -0.2) is 145 Å². The number of piperidine rings is 2. The molecule has 8 heterocycles. The summed E-state index contributed by atoms with van der Waals surface area (Å²) in [5.41, 5.74) is 0.865. The van der Waals surface area contributed by atoms with Crippen molar-refractivity contribution in [3.63, 3.8) is 0 Å². The van der Waals surface area contributed by atoms with Crippen molar-refractivity contribution in [2.24, 2.45) is 5.92 Å². The highest BCUT2D eigenvalue weighted by molar-refractivity contribution is 6.25. The third-order valence-electron chi connectivity index (χ3n) is 14.6. The summed E-state index contributed by atoms with van der Waals surface area (Å²) in [5.74, 6) is -1.64. The molecule has 4 saturated heterocycles. The van der Waals surface area contributed by atoms with Crippen LogP contribution >= 0.6 is 0 Å². The van der Waals surface area contributed by atoms with Crippen LogP contribution < -0.4 is 20.9 Å². The predicted molar refractivity (Wildman–Crippen MR) is 238 cm³/mol. The molecule has 1 aliphatic carbocycles. The van der Waals surface area contributed by atoms with Gasteiger partial charge in [-0.25, -0.2) is 18.3 Å². The molecule has 1 aromatic carbocycles. The maximum Gasteiger partial charge on any atom is 0.284 e. The lowest BCUT2D eigenvalue weighted by Crippen LogP contribution is -2.54. The number of nitrogens with zero attached hydrogens (tertiary/aromatic N) is 9. The van der Waals surface area contributed by atoms with Crippen LogP contribution in [0.2, 0.25) is 0 Å². The molecule has 21 heteroatoms. The van der Waals surface area contributed by atoms with E-state index in [2.05, 4.69) is 35.9 Å². The van der Waals surface area contributed by atoms with Crippen LogP contribution in [0.1, 0.15) is 120 Å². The smallest absolute Gasteiger partial charge is 0.284 e. The molecule has 6 aliphatic rings. The molecule has 3 aromatic heterocycles. The van der Waals surface area contributed by atoms with Crippen molar-refractivity contribution in [1.29, 1.82) is 0 Å². The molecule has 10 rings (SSSR count). The number of imide groups is 2. The van der Waals surface area contributed by atoms with Crippen LogP contribution in [0.4, 0.5) is 26.0 Å². The van der Waals surface area contributed by atoms with Crippen molar-refractivity contribution in [2.75, 3.05) is 61.9 Å². The Morgan fingerprint density at radius 3 is 2.52 bits per heavy atom. The van der Waals surface area contributed by atoms with Crippen LogP contribution in [-0.2, 0) is 19.1 Å². The van der Waals surface area contributed by atoms with Crippen molar-refractivity contribution in [2.45, 2.75) is 107 Å². The van der Waals surface area contributed by atoms with Gasteiger partial charge in [0.05, 0.1) is 47.8 Å². The maximum atomic E-state index is 14.3. The standard InChI is InChI=1S/C46H54F2N12O7/c1-55(38(62)6-3-16-49-33-5-2-4-31-39(33)46(66)60(45(31)65)35-11-12-37(61)53-44(35)64)27-13-17-56(18-14-27)22-26-7-9-28(10-8-26)59-24-34(40(54-59)41(47)48)51-43(63)32-21-50-58-19-15-36(52-42(32)58)57-23-30-20-29(57)25-67-30/h2,4-5,15,19,21,24,26-30,35,41,49H,3,6-14,16-18,20,22-23,25H2,1H3,(H,51,63)(H,53,61,64)/t26-,28-,29-,30-,35?/m1/s1. The second-order valence-corrected chi connectivity index (χ2v) is 18.7. The normalized spacial score (nSPS) is 24.5. The van der Waals surface area contributed by atoms with E-state index in [9.17, 15) is 37.5 Å². The van der Waals surface area contributed by atoms with Crippen molar-refractivity contribution in [3.8, 4) is 0 Å². The number of rotatable bonds is 14. The summed E-state index contributed by atoms with van der Waals surface area (Å²) in [6.07, 6.45) is 8.90. The van der Waals surface area contributed by atoms with E-state index in [0.29, 0.717) is 43.2 Å². The highest BCUT2D eigenvalue weighted by Gasteiger charge is 2.46. The number of halogens is 2. The van der Waals surface area contributed by atoms with Gasteiger partial charge in [-0.3, -0.25) is 43.7 Å². The Morgan fingerprint density at radius 1 is 0.985 bits per heavy atom. The molecule has 67 heavy (non-hydrogen) atoms. The maximum absolute atomic E-state index is 14.3. The van der Waals surface area contributed by atoms with E-state index in [4.69, 9.17) is 9.72 Å². The largest absolute Gasteiger partial charge is 0.384 e. The summed E-state index contributed by atoms with van der Waals surface area (Å²) in [6.45, 7) is 4.40. The average Bonchev–Trinajstić information content (AvgIpc) is 4.18. The van der Waals surface area contributed by atoms with Crippen LogP contribution in [0.25, 0.3) is 5.65 Å². The van der Waals surface area contributed by atoms with Gasteiger partial charge in [0.1, 0.15) is 17.4 Å². The lowest BCUT2D eigenvalue weighted by molar-refractivity contribution is -0.136. The number of nitrogens with one attached hydrogen (secondary N) is 3. The molecule has 2 bridgehead atoms. The fraction of sp³-hybridized carbons (Fsp3) is 0.543. The highest BCUT2D eigenvalue weighted by Crippen LogP contribution is 2.37. The number of likely N-dealkylation sites (tertiary alicyclic amines) is 1. The van der Waals surface area contributed by atoms with E-state index in [1.54, 1.807) is 29.1 Å². The Hall–Kier alpha value is -6.35. The average molecular weight is 925 g/mol. The summed E-state index contributed by atoms with van der Waals surface area (Å²) < 4.78 is 37.5. The molecule has 19 nitrogen and oxygen atoms in total. The lowest BCUT2D eigenvalue weighted by Gasteiger charge is -2.39. The number of fused-ring (bicyclic) bond motifs is 4. The molecule has 4 aromatic rings. The van der Waals surface area contributed by atoms with Gasteiger partial charge < -0.3 is 30.1 Å². The van der Waals surface area contributed by atoms with Crippen molar-refractivity contribution in [3.05, 3.63) is 65.2 Å². The predicted octanol–water partition coefficient (Wildman–Crippen LogP) is 4.04. The number of hydrogen-bond acceptors (Lipinski definition) is 13. The quantitative estimate of drug-likeness (QED) is 0.121. The van der Waals surface area contributed by atoms with Gasteiger partial charge >= 0.3 is 0 Å². The van der Waals surface area contributed by atoms with Crippen molar-refractivity contribution in [1.82, 2.24) is 44.4 Å². The fourth-order valence-electron chi connectivity index (χ4n) is 10.9. The van der Waals surface area contributed by atoms with E-state index >= 15 is 0 Å². The monoisotopic (exact) mass is 924 g/mol. The topological polar surface area (TPSA) is 209 Å². The van der Waals surface area contributed by atoms with Gasteiger partial charge in [-0.05, 0) is 81.9 Å². The Kier molecular flexibility index (Phi) is 12.2. The first kappa shape index (κ1) is 44.5. The van der Waals surface area contributed by atoms with Crippen LogP contribution in [0.15, 0.2) is 42.9 Å². The zero-order valence-corrected chi connectivity index (χ0v) is 37.2. The van der Waals surface area contributed by atoms with Gasteiger partial charge in [-0.15, -0.1) is 0 Å². The Morgan fingerprint density at radius 2 is 1.79 bits per heavy atom. The summed E-state index contributed by atoms with van der Waals surface area (Å²) in [6, 6.07) is 5.99. The molecule has 3 N–H and O–H groups in total. The van der Waals surface area contributed by atoms with Gasteiger partial charge in [-0.2, -0.15) is 10.2 Å². The summed E-state index contributed by atoms with van der Waals surface area (Å²) in [7, 11) is 1.85. The first-order valence-corrected chi connectivity index (χ1v) is 23.4. The zero-order valence-electron chi connectivity index (χ0n) is 37.2. The van der Waals surface area contributed by atoms with Crippen LogP contribution in [0.5, 0.6) is 0 Å². The van der Waals surface area contributed by atoms with Gasteiger partial charge in [0.15, 0.2) is 11.3 Å². The second-order valence-electron chi connectivity index (χ2n) is 18.7. The first-order chi connectivity index (χ1) is 32.4. The Labute approximate surface area is 384 Å². The molecule has 5 aliphatic heterocycles. The molecule has 0 spiro atoms. The summed E-state index contributed by atoms with van der Waals surface area (Å²) in [5, 5.41) is 16.7. The third kappa shape index (κ3) is 8.74. The SMILES string of the molecule is CN(C(=O)CCCNc1cccc2c1C(=O)N(C1CCC(=O)NC1=O)C2=O)C1CCN(C[C@H]2CC[C@H](n3cc(NC(=O)c4cnn5ccc(N6C[C@H]7C[C@@H]6CO7)nc45)c(C(F)F)n3)CC2)CC1. The van der Waals surface area contributed by atoms with Gasteiger partial charge in [0.25, 0.3) is 24.1 Å². The second kappa shape index (κ2) is 18.4. The first-order valence-electron chi connectivity index (χ1n) is 23.4. The number of amides is 6. The van der Waals surface area contributed by atoms with Gasteiger partial charge in [-0.1, -0.05) is 6.07 Å². The molecule has 3 atom stereocenters. The Bertz CT molecular complexity index is 2600. The molecule has 5 fully saturated rings. The van der Waals surface area contributed by atoms with E-state index in [1.807, 2.05) is 18.0 Å². The van der Waals surface area contributed by atoms with Crippen LogP contribution in [0, 0.1) is 5.92 Å². The highest BCUT2D eigenvalue weighted by atomic mass is 19.3. The molecular weight excluding hydrogens is 871 g/mol. The van der Waals surface area contributed by atoms with E-state index in [1.165, 1.54) is 16.9 Å². The minimum absolute atomic E-state index is 0.0253. The third-order valence-corrected chi connectivity index (χ3v) is 14.6. The zero-order chi connectivity index (χ0) is 46.5. The number of hydrogen-bond donors (Lipinski definition) is 3. The molecule has 354 valence electrons. The van der Waals surface area contributed by atoms with E-state index < -0.39 is 47.7 Å². The summed E-state index contributed by atoms with van der Waals surface area (Å²) in [4.78, 5) is 89.7. The van der Waals surface area contributed by atoms with Crippen LogP contribution in [0.3, 0.4) is 0 Å². The van der Waals surface area contributed by atoms with E-state index in [-0.39, 0.29) is 65.4 Å². The number of carbonyl (C=O) groups is 6. The Balaban J connectivity index is 0.663. The van der Waals surface area contributed by atoms with E-state index in [0.717, 1.165) is 81.8 Å². The number of morpholine rings is 1. The molecule has 0 radical (unpaired) electrons. The minimum atomic E-state index is -2.88. The minimum Gasteiger partial charge on any atom is -0.384 e. The fourth-order valence-corrected chi connectivity index (χ4v) is 10.9. The molecule has 6 amide bonds.